The Morgan fingerprint density at radius 1 is 1.62 bits per heavy atom. The molecule has 1 nitrogen and oxygen atoms in total. The first-order valence-corrected chi connectivity index (χ1v) is 3.42. The number of rotatable bonds is 3. The molecule has 2 heteroatoms. The van der Waals surface area contributed by atoms with Gasteiger partial charge >= 0.3 is 0 Å². The minimum Gasteiger partial charge on any atom is -0.232 e. The maximum absolute atomic E-state index is 10.7. The molecule has 0 aliphatic rings. The minimum atomic E-state index is -0.568. The maximum atomic E-state index is 10.7. The zero-order valence-electron chi connectivity index (χ0n) is 5.36. The molecule has 0 aromatic carbocycles. The van der Waals surface area contributed by atoms with Crippen LogP contribution in [0, 0.1) is 0 Å². The zero-order valence-corrected chi connectivity index (χ0v) is 6.11. The largest absolute Gasteiger partial charge is 0.232 e. The molecule has 8 heavy (non-hydrogen) atoms. The van der Waals surface area contributed by atoms with Crippen molar-refractivity contribution in [2.45, 2.75) is 38.2 Å². The van der Waals surface area contributed by atoms with Gasteiger partial charge in [-0.15, -0.1) is 11.6 Å². The van der Waals surface area contributed by atoms with E-state index in [1.165, 1.54) is 0 Å². The third-order valence-corrected chi connectivity index (χ3v) is 1.37. The van der Waals surface area contributed by atoms with E-state index in [4.69, 9.17) is 11.6 Å². The molecule has 0 heterocycles. The van der Waals surface area contributed by atoms with E-state index < -0.39 is 6.10 Å². The molecule has 0 N–H and O–H groups in total. The molecule has 0 saturated heterocycles. The van der Waals surface area contributed by atoms with Crippen LogP contribution in [0.5, 0.6) is 0 Å². The molecule has 0 fully saturated rings. The Morgan fingerprint density at radius 3 is 2.25 bits per heavy atom. The number of hydrogen-bond acceptors (Lipinski definition) is 0. The van der Waals surface area contributed by atoms with E-state index in [-0.39, 0.29) is 5.38 Å². The third kappa shape index (κ3) is 3.28. The van der Waals surface area contributed by atoms with Crippen molar-refractivity contribution in [1.29, 1.82) is 0 Å². The highest BCUT2D eigenvalue weighted by atomic mass is 35.5. The van der Waals surface area contributed by atoms with E-state index in [2.05, 4.69) is 0 Å². The van der Waals surface area contributed by atoms with Gasteiger partial charge in [-0.05, 0) is 13.3 Å². The predicted molar refractivity (Wildman–Crippen MR) is 34.7 cm³/mol. The predicted octanol–water partition coefficient (Wildman–Crippen LogP) is 2.21. The lowest BCUT2D eigenvalue weighted by atomic mass is 10.2. The molecule has 2 unspecified atom stereocenters. The number of hydrogen-bond donors (Lipinski definition) is 0. The van der Waals surface area contributed by atoms with Gasteiger partial charge < -0.3 is 0 Å². The monoisotopic (exact) mass is 135 g/mol. The van der Waals surface area contributed by atoms with Gasteiger partial charge in [0.25, 0.3) is 0 Å². The average Bonchev–Trinajstić information content (AvgIpc) is 1.67. The van der Waals surface area contributed by atoms with Gasteiger partial charge in [0, 0.05) is 0 Å². The Labute approximate surface area is 55.7 Å². The molecule has 0 spiro atoms. The Balaban J connectivity index is 3.17. The van der Waals surface area contributed by atoms with Crippen LogP contribution in [0.25, 0.3) is 0 Å². The summed E-state index contributed by atoms with van der Waals surface area (Å²) < 4.78 is 0. The molecule has 2 atom stereocenters. The molecular weight excluding hydrogens is 124 g/mol. The highest BCUT2D eigenvalue weighted by molar-refractivity contribution is 6.20. The summed E-state index contributed by atoms with van der Waals surface area (Å²) in [4.78, 5) is 0. The molecule has 1 radical (unpaired) electrons. The molecule has 0 amide bonds. The van der Waals surface area contributed by atoms with Crippen LogP contribution in [-0.4, -0.2) is 11.5 Å². The normalized spacial score (nSPS) is 18.0. The smallest absolute Gasteiger partial charge is 0.109 e. The quantitative estimate of drug-likeness (QED) is 0.529. The number of alkyl halides is 1. The summed E-state index contributed by atoms with van der Waals surface area (Å²) in [5.41, 5.74) is 0. The van der Waals surface area contributed by atoms with Gasteiger partial charge in [-0.25, -0.2) is 5.11 Å². The third-order valence-electron chi connectivity index (χ3n) is 1.09. The summed E-state index contributed by atoms with van der Waals surface area (Å²) in [5.74, 6) is 0. The van der Waals surface area contributed by atoms with Crippen molar-refractivity contribution in [2.24, 2.45) is 0 Å². The summed E-state index contributed by atoms with van der Waals surface area (Å²) in [5, 5.41) is 10.5. The van der Waals surface area contributed by atoms with Crippen molar-refractivity contribution in [2.75, 3.05) is 0 Å². The molecule has 0 aliphatic carbocycles. The lowest BCUT2D eigenvalue weighted by molar-refractivity contribution is 0.0804. The van der Waals surface area contributed by atoms with E-state index in [9.17, 15) is 5.11 Å². The zero-order chi connectivity index (χ0) is 6.57. The SMILES string of the molecule is CCCC([O])C(C)Cl. The standard InChI is InChI=1S/C6H12ClO/c1-3-4-6(8)5(2)7/h5-6H,3-4H2,1-2H3. The second-order valence-electron chi connectivity index (χ2n) is 2.00. The van der Waals surface area contributed by atoms with Crippen LogP contribution in [0.15, 0.2) is 0 Å². The van der Waals surface area contributed by atoms with Crippen molar-refractivity contribution in [3.05, 3.63) is 0 Å². The first-order chi connectivity index (χ1) is 3.68. The van der Waals surface area contributed by atoms with Crippen molar-refractivity contribution in [3.8, 4) is 0 Å². The first kappa shape index (κ1) is 8.25. The summed E-state index contributed by atoms with van der Waals surface area (Å²) in [6.45, 7) is 3.74. The van der Waals surface area contributed by atoms with Crippen molar-refractivity contribution >= 4 is 11.6 Å². The second kappa shape index (κ2) is 4.16. The summed E-state index contributed by atoms with van der Waals surface area (Å²) in [6, 6.07) is 0. The van der Waals surface area contributed by atoms with Crippen molar-refractivity contribution < 1.29 is 5.11 Å². The minimum absolute atomic E-state index is 0.213. The van der Waals surface area contributed by atoms with Gasteiger partial charge in [-0.1, -0.05) is 13.3 Å². The Bertz CT molecular complexity index is 54.5. The molecule has 0 rings (SSSR count). The number of halogens is 1. The van der Waals surface area contributed by atoms with Crippen molar-refractivity contribution in [1.82, 2.24) is 0 Å². The first-order valence-electron chi connectivity index (χ1n) is 2.98. The fourth-order valence-electron chi connectivity index (χ4n) is 0.514. The highest BCUT2D eigenvalue weighted by Gasteiger charge is 2.10. The molecule has 49 valence electrons. The van der Waals surface area contributed by atoms with Gasteiger partial charge in [0.2, 0.25) is 0 Å². The van der Waals surface area contributed by atoms with E-state index in [1.54, 1.807) is 6.92 Å². The molecule has 0 aromatic heterocycles. The van der Waals surface area contributed by atoms with Crippen molar-refractivity contribution in [3.63, 3.8) is 0 Å². The average molecular weight is 136 g/mol. The maximum Gasteiger partial charge on any atom is 0.109 e. The second-order valence-corrected chi connectivity index (χ2v) is 2.69. The van der Waals surface area contributed by atoms with E-state index in [0.717, 1.165) is 6.42 Å². The molecule has 0 aliphatic heterocycles. The van der Waals surface area contributed by atoms with E-state index in [0.29, 0.717) is 6.42 Å². The summed E-state index contributed by atoms with van der Waals surface area (Å²) in [7, 11) is 0. The lowest BCUT2D eigenvalue weighted by Gasteiger charge is -2.06. The van der Waals surface area contributed by atoms with E-state index >= 15 is 0 Å². The highest BCUT2D eigenvalue weighted by Crippen LogP contribution is 2.07. The van der Waals surface area contributed by atoms with Crippen LogP contribution >= 0.6 is 11.6 Å². The van der Waals surface area contributed by atoms with Crippen LogP contribution in [0.1, 0.15) is 26.7 Å². The Kier molecular flexibility index (Phi) is 4.29. The van der Waals surface area contributed by atoms with Crippen LogP contribution in [0.4, 0.5) is 0 Å². The van der Waals surface area contributed by atoms with Crippen LogP contribution in [0.3, 0.4) is 0 Å². The summed E-state index contributed by atoms with van der Waals surface area (Å²) in [6.07, 6.45) is 1.07. The topological polar surface area (TPSA) is 19.9 Å². The fourth-order valence-corrected chi connectivity index (χ4v) is 0.640. The molecular formula is C6H12ClO. The molecule has 0 aromatic rings. The fraction of sp³-hybridized carbons (Fsp3) is 1.00. The molecule has 0 bridgehead atoms. The van der Waals surface area contributed by atoms with E-state index in [1.807, 2.05) is 6.92 Å². The Hall–Kier alpha value is 0.250. The van der Waals surface area contributed by atoms with Crippen LogP contribution in [-0.2, 0) is 5.11 Å². The van der Waals surface area contributed by atoms with Crippen LogP contribution in [0.2, 0.25) is 0 Å². The van der Waals surface area contributed by atoms with Gasteiger partial charge in [0.1, 0.15) is 6.10 Å². The Morgan fingerprint density at radius 2 is 2.12 bits per heavy atom. The van der Waals surface area contributed by atoms with Gasteiger partial charge in [-0.3, -0.25) is 0 Å². The van der Waals surface area contributed by atoms with Crippen LogP contribution < -0.4 is 0 Å². The summed E-state index contributed by atoms with van der Waals surface area (Å²) >= 11 is 5.49. The lowest BCUT2D eigenvalue weighted by Crippen LogP contribution is -2.14. The molecule has 0 saturated carbocycles. The van der Waals surface area contributed by atoms with Gasteiger partial charge in [-0.2, -0.15) is 0 Å². The van der Waals surface area contributed by atoms with Gasteiger partial charge in [0.05, 0.1) is 5.38 Å². The van der Waals surface area contributed by atoms with Gasteiger partial charge in [0.15, 0.2) is 0 Å².